The maximum absolute atomic E-state index is 12.5. The lowest BCUT2D eigenvalue weighted by molar-refractivity contribution is 0.0950. The lowest BCUT2D eigenvalue weighted by Crippen LogP contribution is -2.18. The van der Waals surface area contributed by atoms with Gasteiger partial charge in [0.1, 0.15) is 18.1 Å². The van der Waals surface area contributed by atoms with Crippen LogP contribution in [0, 0.1) is 0 Å². The van der Waals surface area contributed by atoms with Gasteiger partial charge < -0.3 is 9.47 Å². The molecule has 1 amide bonds. The summed E-state index contributed by atoms with van der Waals surface area (Å²) in [7, 11) is 1.60. The molecule has 0 aliphatic carbocycles. The Morgan fingerprint density at radius 3 is 2.61 bits per heavy atom. The number of carbonyl (C=O) groups excluding carboxylic acids is 1. The number of carbonyl (C=O) groups is 1. The topological polar surface area (TPSA) is 59.9 Å². The van der Waals surface area contributed by atoms with E-state index >= 15 is 0 Å². The zero-order valence-corrected chi connectivity index (χ0v) is 16.8. The molecule has 6 heteroatoms. The number of hydrogen-bond donors (Lipinski definition) is 1. The minimum Gasteiger partial charge on any atom is -0.497 e. The van der Waals surface area contributed by atoms with Crippen LogP contribution in [0.3, 0.4) is 0 Å². The number of para-hydroxylation sites is 1. The Kier molecular flexibility index (Phi) is 6.81. The summed E-state index contributed by atoms with van der Waals surface area (Å²) in [6, 6.07) is 22.4. The van der Waals surface area contributed by atoms with Crippen molar-refractivity contribution in [2.24, 2.45) is 5.10 Å². The molecular formula is C22H19BrN2O3. The minimum atomic E-state index is -0.348. The third kappa shape index (κ3) is 5.20. The minimum absolute atomic E-state index is 0.348. The SMILES string of the molecule is COc1ccc(Br)c(C=NNC(=O)c2ccccc2OCc2ccccc2)c1. The average molecular weight is 439 g/mol. The Balaban J connectivity index is 1.68. The van der Waals surface area contributed by atoms with Crippen molar-refractivity contribution >= 4 is 28.1 Å². The van der Waals surface area contributed by atoms with Crippen molar-refractivity contribution in [2.45, 2.75) is 6.61 Å². The fraction of sp³-hybridized carbons (Fsp3) is 0.0909. The lowest BCUT2D eigenvalue weighted by atomic mass is 10.2. The largest absolute Gasteiger partial charge is 0.497 e. The van der Waals surface area contributed by atoms with E-state index in [1.807, 2.05) is 54.6 Å². The van der Waals surface area contributed by atoms with Crippen molar-refractivity contribution in [3.63, 3.8) is 0 Å². The van der Waals surface area contributed by atoms with Crippen LogP contribution in [-0.4, -0.2) is 19.2 Å². The summed E-state index contributed by atoms with van der Waals surface area (Å²) in [5.41, 5.74) is 4.77. The molecule has 0 saturated carbocycles. The molecule has 1 N–H and O–H groups in total. The highest BCUT2D eigenvalue weighted by Gasteiger charge is 2.11. The molecule has 5 nitrogen and oxygen atoms in total. The van der Waals surface area contributed by atoms with Gasteiger partial charge in [0.05, 0.1) is 18.9 Å². The first-order valence-electron chi connectivity index (χ1n) is 8.60. The van der Waals surface area contributed by atoms with E-state index in [1.165, 1.54) is 0 Å². The van der Waals surface area contributed by atoms with Crippen LogP contribution in [0.4, 0.5) is 0 Å². The molecule has 3 aromatic carbocycles. The second kappa shape index (κ2) is 9.71. The van der Waals surface area contributed by atoms with Crippen molar-refractivity contribution in [1.82, 2.24) is 5.43 Å². The number of methoxy groups -OCH3 is 1. The van der Waals surface area contributed by atoms with E-state index in [0.29, 0.717) is 23.7 Å². The molecule has 28 heavy (non-hydrogen) atoms. The van der Waals surface area contributed by atoms with Crippen molar-refractivity contribution in [3.8, 4) is 11.5 Å². The number of benzene rings is 3. The number of nitrogens with one attached hydrogen (secondary N) is 1. The van der Waals surface area contributed by atoms with Gasteiger partial charge in [-0.3, -0.25) is 4.79 Å². The molecule has 0 aromatic heterocycles. The number of rotatable bonds is 7. The van der Waals surface area contributed by atoms with E-state index in [-0.39, 0.29) is 5.91 Å². The molecule has 0 heterocycles. The normalized spacial score (nSPS) is 10.6. The van der Waals surface area contributed by atoms with Crippen LogP contribution in [0.2, 0.25) is 0 Å². The zero-order chi connectivity index (χ0) is 19.8. The Morgan fingerprint density at radius 2 is 1.82 bits per heavy atom. The van der Waals surface area contributed by atoms with E-state index in [2.05, 4.69) is 26.5 Å². The van der Waals surface area contributed by atoms with Crippen LogP contribution < -0.4 is 14.9 Å². The molecule has 0 atom stereocenters. The van der Waals surface area contributed by atoms with Crippen LogP contribution in [0.1, 0.15) is 21.5 Å². The number of halogens is 1. The lowest BCUT2D eigenvalue weighted by Gasteiger charge is -2.10. The Labute approximate surface area is 172 Å². The molecule has 142 valence electrons. The summed E-state index contributed by atoms with van der Waals surface area (Å²) >= 11 is 3.45. The fourth-order valence-electron chi connectivity index (χ4n) is 2.48. The number of hydrazone groups is 1. The molecule has 0 aliphatic heterocycles. The van der Waals surface area contributed by atoms with Crippen molar-refractivity contribution < 1.29 is 14.3 Å². The van der Waals surface area contributed by atoms with Crippen LogP contribution in [0.5, 0.6) is 11.5 Å². The van der Waals surface area contributed by atoms with Gasteiger partial charge >= 0.3 is 0 Å². The number of amides is 1. The van der Waals surface area contributed by atoms with Gasteiger partial charge in [-0.2, -0.15) is 5.10 Å². The first kappa shape index (κ1) is 19.6. The summed E-state index contributed by atoms with van der Waals surface area (Å²) in [5, 5.41) is 4.05. The Hall–Kier alpha value is -3.12. The van der Waals surface area contributed by atoms with Crippen LogP contribution in [0.25, 0.3) is 0 Å². The first-order chi connectivity index (χ1) is 13.7. The molecule has 3 aromatic rings. The summed E-state index contributed by atoms with van der Waals surface area (Å²) in [6.45, 7) is 0.380. The van der Waals surface area contributed by atoms with Gasteiger partial charge in [-0.1, -0.05) is 58.4 Å². The predicted molar refractivity (Wildman–Crippen MR) is 113 cm³/mol. The quantitative estimate of drug-likeness (QED) is 0.425. The highest BCUT2D eigenvalue weighted by atomic mass is 79.9. The summed E-state index contributed by atoms with van der Waals surface area (Å²) < 4.78 is 11.9. The molecule has 3 rings (SSSR count). The molecule has 0 spiro atoms. The maximum Gasteiger partial charge on any atom is 0.275 e. The molecule has 0 fully saturated rings. The average Bonchev–Trinajstić information content (AvgIpc) is 2.74. The summed E-state index contributed by atoms with van der Waals surface area (Å²) in [4.78, 5) is 12.5. The molecular weight excluding hydrogens is 420 g/mol. The van der Waals surface area contributed by atoms with Gasteiger partial charge in [-0.25, -0.2) is 5.43 Å². The van der Waals surface area contributed by atoms with Gasteiger partial charge in [0.25, 0.3) is 5.91 Å². The molecule has 0 unspecified atom stereocenters. The van der Waals surface area contributed by atoms with Gasteiger partial charge in [0.2, 0.25) is 0 Å². The number of ether oxygens (including phenoxy) is 2. The summed E-state index contributed by atoms with van der Waals surface area (Å²) in [6.07, 6.45) is 1.55. The maximum atomic E-state index is 12.5. The monoisotopic (exact) mass is 438 g/mol. The highest BCUT2D eigenvalue weighted by Crippen LogP contribution is 2.21. The zero-order valence-electron chi connectivity index (χ0n) is 15.3. The van der Waals surface area contributed by atoms with E-state index in [9.17, 15) is 4.79 Å². The molecule has 0 aliphatic rings. The second-order valence-corrected chi connectivity index (χ2v) is 6.71. The smallest absolute Gasteiger partial charge is 0.275 e. The molecule has 0 radical (unpaired) electrons. The van der Waals surface area contributed by atoms with Crippen molar-refractivity contribution in [2.75, 3.05) is 7.11 Å². The van der Waals surface area contributed by atoms with Gasteiger partial charge in [-0.05, 0) is 35.9 Å². The predicted octanol–water partition coefficient (Wildman–Crippen LogP) is 4.80. The third-order valence-electron chi connectivity index (χ3n) is 3.94. The molecule has 0 saturated heterocycles. The van der Waals surface area contributed by atoms with Crippen LogP contribution >= 0.6 is 15.9 Å². The van der Waals surface area contributed by atoms with E-state index < -0.39 is 0 Å². The Bertz CT molecular complexity index is 975. The van der Waals surface area contributed by atoms with E-state index in [4.69, 9.17) is 9.47 Å². The van der Waals surface area contributed by atoms with Gasteiger partial charge in [0, 0.05) is 10.0 Å². The van der Waals surface area contributed by atoms with Crippen LogP contribution in [-0.2, 0) is 6.61 Å². The number of nitrogens with zero attached hydrogens (tertiary/aromatic N) is 1. The second-order valence-electron chi connectivity index (χ2n) is 5.86. The Morgan fingerprint density at radius 1 is 1.07 bits per heavy atom. The molecule has 0 bridgehead atoms. The van der Waals surface area contributed by atoms with E-state index in [0.717, 1.165) is 15.6 Å². The van der Waals surface area contributed by atoms with Crippen molar-refractivity contribution in [3.05, 3.63) is 94.0 Å². The third-order valence-corrected chi connectivity index (χ3v) is 4.66. The highest BCUT2D eigenvalue weighted by molar-refractivity contribution is 9.10. The van der Waals surface area contributed by atoms with Crippen molar-refractivity contribution in [1.29, 1.82) is 0 Å². The first-order valence-corrected chi connectivity index (χ1v) is 9.39. The van der Waals surface area contributed by atoms with Gasteiger partial charge in [0.15, 0.2) is 0 Å². The number of hydrogen-bond acceptors (Lipinski definition) is 4. The fourth-order valence-corrected chi connectivity index (χ4v) is 2.83. The summed E-state index contributed by atoms with van der Waals surface area (Å²) in [5.74, 6) is 0.858. The standard InChI is InChI=1S/C22H19BrN2O3/c1-27-18-11-12-20(23)17(13-18)14-24-25-22(26)19-9-5-6-10-21(19)28-15-16-7-3-2-4-8-16/h2-14H,15H2,1H3,(H,25,26). The van der Waals surface area contributed by atoms with Gasteiger partial charge in [-0.15, -0.1) is 0 Å². The van der Waals surface area contributed by atoms with Crippen LogP contribution in [0.15, 0.2) is 82.4 Å². The van der Waals surface area contributed by atoms with E-state index in [1.54, 1.807) is 31.5 Å².